The van der Waals surface area contributed by atoms with E-state index in [0.717, 1.165) is 6.42 Å². The molecule has 2 rings (SSSR count). The largest absolute Gasteiger partial charge is 0.482 e. The Kier molecular flexibility index (Phi) is 4.77. The number of carbonyl (C=O) groups excluding carboxylic acids is 2. The first-order valence-electron chi connectivity index (χ1n) is 6.77. The molecule has 2 amide bonds. The highest BCUT2D eigenvalue weighted by Gasteiger charge is 2.26. The van der Waals surface area contributed by atoms with Gasteiger partial charge in [-0.05, 0) is 18.6 Å². The molecule has 1 aliphatic heterocycles. The summed E-state index contributed by atoms with van der Waals surface area (Å²) in [4.78, 5) is 24.7. The Morgan fingerprint density at radius 2 is 2.24 bits per heavy atom. The van der Waals surface area contributed by atoms with Crippen molar-refractivity contribution < 1.29 is 14.3 Å². The van der Waals surface area contributed by atoms with Crippen LogP contribution in [0.1, 0.15) is 18.9 Å². The second-order valence-corrected chi connectivity index (χ2v) is 4.92. The summed E-state index contributed by atoms with van der Waals surface area (Å²) in [6.07, 6.45) is 0.750. The van der Waals surface area contributed by atoms with E-state index in [4.69, 9.17) is 10.00 Å². The first-order chi connectivity index (χ1) is 10.1. The fraction of sp³-hybridized carbons (Fsp3) is 0.400. The molecule has 1 aromatic rings. The lowest BCUT2D eigenvalue weighted by molar-refractivity contribution is -0.132. The zero-order valence-corrected chi connectivity index (χ0v) is 11.8. The Balaban J connectivity index is 1.86. The van der Waals surface area contributed by atoms with Crippen LogP contribution in [0.4, 0.5) is 0 Å². The van der Waals surface area contributed by atoms with E-state index in [9.17, 15) is 9.59 Å². The summed E-state index contributed by atoms with van der Waals surface area (Å²) < 4.78 is 5.42. The Labute approximate surface area is 123 Å². The fourth-order valence-corrected chi connectivity index (χ4v) is 2.31. The number of carbonyl (C=O) groups is 2. The van der Waals surface area contributed by atoms with Gasteiger partial charge in [-0.3, -0.25) is 9.59 Å². The number of amides is 2. The molecule has 0 radical (unpaired) electrons. The average Bonchev–Trinajstić information content (AvgIpc) is 2.92. The summed E-state index contributed by atoms with van der Waals surface area (Å²) in [6, 6.07) is 8.83. The number of likely N-dealkylation sites (tertiary alicyclic amines) is 1. The summed E-state index contributed by atoms with van der Waals surface area (Å²) in [5.41, 5.74) is 0.405. The standard InChI is InChI=1S/C15H17N3O3/c1-11(19)17-13-6-7-18(9-13)15(20)10-21-14-5-3-2-4-12(14)8-16/h2-5,13H,6-7,9-10H2,1H3,(H,17,19). The Morgan fingerprint density at radius 3 is 2.95 bits per heavy atom. The molecule has 1 fully saturated rings. The van der Waals surface area contributed by atoms with Gasteiger partial charge in [0, 0.05) is 26.1 Å². The van der Waals surface area contributed by atoms with Crippen LogP contribution in [0.15, 0.2) is 24.3 Å². The maximum Gasteiger partial charge on any atom is 0.260 e. The van der Waals surface area contributed by atoms with Crippen molar-refractivity contribution >= 4 is 11.8 Å². The first-order valence-corrected chi connectivity index (χ1v) is 6.77. The Hall–Kier alpha value is -2.55. The van der Waals surface area contributed by atoms with Gasteiger partial charge in [-0.15, -0.1) is 0 Å². The van der Waals surface area contributed by atoms with Crippen LogP contribution in [0, 0.1) is 11.3 Å². The molecular weight excluding hydrogens is 270 g/mol. The second kappa shape index (κ2) is 6.75. The topological polar surface area (TPSA) is 82.4 Å². The van der Waals surface area contributed by atoms with Crippen molar-refractivity contribution in [3.63, 3.8) is 0 Å². The van der Waals surface area contributed by atoms with Crippen molar-refractivity contribution in [2.45, 2.75) is 19.4 Å². The van der Waals surface area contributed by atoms with Crippen LogP contribution in [0.2, 0.25) is 0 Å². The molecule has 1 aliphatic rings. The number of ether oxygens (including phenoxy) is 1. The van der Waals surface area contributed by atoms with Gasteiger partial charge in [0.1, 0.15) is 11.8 Å². The maximum absolute atomic E-state index is 12.1. The molecule has 6 heteroatoms. The van der Waals surface area contributed by atoms with E-state index in [0.29, 0.717) is 24.4 Å². The van der Waals surface area contributed by atoms with E-state index in [1.807, 2.05) is 6.07 Å². The average molecular weight is 287 g/mol. The molecule has 6 nitrogen and oxygen atoms in total. The van der Waals surface area contributed by atoms with Crippen LogP contribution in [0.25, 0.3) is 0 Å². The van der Waals surface area contributed by atoms with Gasteiger partial charge in [0.15, 0.2) is 6.61 Å². The van der Waals surface area contributed by atoms with E-state index in [1.165, 1.54) is 6.92 Å². The lowest BCUT2D eigenvalue weighted by atomic mass is 10.2. The predicted octanol–water partition coefficient (Wildman–Crippen LogP) is 0.674. The first kappa shape index (κ1) is 14.9. The molecule has 1 saturated heterocycles. The normalized spacial score (nSPS) is 17.1. The number of hydrogen-bond donors (Lipinski definition) is 1. The third-order valence-corrected chi connectivity index (χ3v) is 3.31. The van der Waals surface area contributed by atoms with E-state index >= 15 is 0 Å². The third-order valence-electron chi connectivity index (χ3n) is 3.31. The zero-order chi connectivity index (χ0) is 15.2. The number of para-hydroxylation sites is 1. The van der Waals surface area contributed by atoms with Crippen LogP contribution in [0.5, 0.6) is 5.75 Å². The molecular formula is C15H17N3O3. The molecule has 1 N–H and O–H groups in total. The molecule has 1 heterocycles. The Bertz CT molecular complexity index is 580. The van der Waals surface area contributed by atoms with Gasteiger partial charge in [0.25, 0.3) is 5.91 Å². The monoisotopic (exact) mass is 287 g/mol. The van der Waals surface area contributed by atoms with Crippen molar-refractivity contribution in [2.24, 2.45) is 0 Å². The number of nitriles is 1. The van der Waals surface area contributed by atoms with Crippen molar-refractivity contribution in [2.75, 3.05) is 19.7 Å². The van der Waals surface area contributed by atoms with Gasteiger partial charge < -0.3 is 15.0 Å². The highest BCUT2D eigenvalue weighted by Crippen LogP contribution is 2.17. The van der Waals surface area contributed by atoms with Gasteiger partial charge in [-0.1, -0.05) is 12.1 Å². The Morgan fingerprint density at radius 1 is 1.48 bits per heavy atom. The van der Waals surface area contributed by atoms with E-state index in [2.05, 4.69) is 5.32 Å². The van der Waals surface area contributed by atoms with Gasteiger partial charge >= 0.3 is 0 Å². The van der Waals surface area contributed by atoms with Gasteiger partial charge in [-0.25, -0.2) is 0 Å². The number of nitrogens with one attached hydrogen (secondary N) is 1. The van der Waals surface area contributed by atoms with Gasteiger partial charge in [0.2, 0.25) is 5.91 Å². The summed E-state index contributed by atoms with van der Waals surface area (Å²) in [5, 5.41) is 11.8. The van der Waals surface area contributed by atoms with Crippen LogP contribution in [-0.4, -0.2) is 42.5 Å². The van der Waals surface area contributed by atoms with E-state index in [1.54, 1.807) is 29.2 Å². The van der Waals surface area contributed by atoms with Crippen molar-refractivity contribution in [1.29, 1.82) is 5.26 Å². The van der Waals surface area contributed by atoms with Gasteiger partial charge in [0.05, 0.1) is 5.56 Å². The van der Waals surface area contributed by atoms with Crippen LogP contribution < -0.4 is 10.1 Å². The maximum atomic E-state index is 12.1. The predicted molar refractivity (Wildman–Crippen MR) is 75.5 cm³/mol. The number of hydrogen-bond acceptors (Lipinski definition) is 4. The summed E-state index contributed by atoms with van der Waals surface area (Å²) in [7, 11) is 0. The van der Waals surface area contributed by atoms with E-state index < -0.39 is 0 Å². The molecule has 0 bridgehead atoms. The zero-order valence-electron chi connectivity index (χ0n) is 11.8. The number of nitrogens with zero attached hydrogens (tertiary/aromatic N) is 2. The smallest absolute Gasteiger partial charge is 0.260 e. The highest BCUT2D eigenvalue weighted by atomic mass is 16.5. The molecule has 0 saturated carbocycles. The molecule has 0 spiro atoms. The molecule has 1 aromatic carbocycles. The van der Waals surface area contributed by atoms with Crippen LogP contribution in [0.3, 0.4) is 0 Å². The second-order valence-electron chi connectivity index (χ2n) is 4.92. The molecule has 0 aromatic heterocycles. The fourth-order valence-electron chi connectivity index (χ4n) is 2.31. The van der Waals surface area contributed by atoms with Crippen LogP contribution in [-0.2, 0) is 9.59 Å². The summed E-state index contributed by atoms with van der Waals surface area (Å²) in [5.74, 6) is 0.176. The number of rotatable bonds is 4. The minimum absolute atomic E-state index is 0.0119. The molecule has 1 unspecified atom stereocenters. The summed E-state index contributed by atoms with van der Waals surface area (Å²) in [6.45, 7) is 2.46. The minimum Gasteiger partial charge on any atom is -0.482 e. The lowest BCUT2D eigenvalue weighted by Crippen LogP contribution is -2.38. The lowest BCUT2D eigenvalue weighted by Gasteiger charge is -2.17. The minimum atomic E-state index is -0.143. The molecule has 1 atom stereocenters. The molecule has 110 valence electrons. The SMILES string of the molecule is CC(=O)NC1CCN(C(=O)COc2ccccc2C#N)C1. The van der Waals surface area contributed by atoms with Crippen molar-refractivity contribution in [1.82, 2.24) is 10.2 Å². The summed E-state index contributed by atoms with van der Waals surface area (Å²) >= 11 is 0. The molecule has 0 aliphatic carbocycles. The van der Waals surface area contributed by atoms with E-state index in [-0.39, 0.29) is 24.5 Å². The third kappa shape index (κ3) is 3.96. The van der Waals surface area contributed by atoms with Crippen LogP contribution >= 0.6 is 0 Å². The quantitative estimate of drug-likeness (QED) is 0.882. The molecule has 21 heavy (non-hydrogen) atoms. The van der Waals surface area contributed by atoms with Gasteiger partial charge in [-0.2, -0.15) is 5.26 Å². The van der Waals surface area contributed by atoms with Crippen molar-refractivity contribution in [3.05, 3.63) is 29.8 Å². The number of benzene rings is 1. The van der Waals surface area contributed by atoms with Crippen molar-refractivity contribution in [3.8, 4) is 11.8 Å². The highest BCUT2D eigenvalue weighted by molar-refractivity contribution is 5.78.